The standard InChI is InChI=1S/C22H21FN2O4S/c1-14-9-15(2)11-18(10-14)29-13-20(26)24-7-8-25-21(27)19(30-22(25)28)12-16-3-5-17(23)6-4-16/h3-6,9-12H,7-8,13H2,1-2H3,(H,24,26)/b19-12-. The number of carbonyl (C=O) groups excluding carboxylic acids is 3. The van der Waals surface area contributed by atoms with Crippen LogP contribution >= 0.6 is 11.8 Å². The minimum absolute atomic E-state index is 0.0563. The van der Waals surface area contributed by atoms with Gasteiger partial charge in [0.2, 0.25) is 0 Å². The Bertz CT molecular complexity index is 984. The molecule has 0 spiro atoms. The number of aryl methyl sites for hydroxylation is 2. The summed E-state index contributed by atoms with van der Waals surface area (Å²) >= 11 is 0.817. The number of thioether (sulfide) groups is 1. The minimum Gasteiger partial charge on any atom is -0.484 e. The van der Waals surface area contributed by atoms with Gasteiger partial charge in [-0.05, 0) is 72.6 Å². The summed E-state index contributed by atoms with van der Waals surface area (Å²) in [5, 5.41) is 2.23. The summed E-state index contributed by atoms with van der Waals surface area (Å²) in [6.45, 7) is 3.91. The molecule has 8 heteroatoms. The molecule has 30 heavy (non-hydrogen) atoms. The van der Waals surface area contributed by atoms with Gasteiger partial charge in [0.25, 0.3) is 17.1 Å². The van der Waals surface area contributed by atoms with E-state index in [0.29, 0.717) is 11.3 Å². The number of nitrogens with zero attached hydrogens (tertiary/aromatic N) is 1. The Morgan fingerprint density at radius 2 is 1.80 bits per heavy atom. The molecule has 3 rings (SSSR count). The van der Waals surface area contributed by atoms with Gasteiger partial charge < -0.3 is 10.1 Å². The van der Waals surface area contributed by atoms with Crippen LogP contribution < -0.4 is 10.1 Å². The quantitative estimate of drug-likeness (QED) is 0.681. The van der Waals surface area contributed by atoms with E-state index < -0.39 is 11.1 Å². The molecule has 1 fully saturated rings. The number of benzene rings is 2. The maximum Gasteiger partial charge on any atom is 0.293 e. The lowest BCUT2D eigenvalue weighted by molar-refractivity contribution is -0.125. The van der Waals surface area contributed by atoms with E-state index in [1.807, 2.05) is 32.0 Å². The molecule has 0 bridgehead atoms. The van der Waals surface area contributed by atoms with E-state index in [0.717, 1.165) is 27.8 Å². The SMILES string of the molecule is Cc1cc(C)cc(OCC(=O)NCCN2C(=O)S/C(=C\c3ccc(F)cc3)C2=O)c1. The van der Waals surface area contributed by atoms with Crippen LogP contribution in [0.2, 0.25) is 0 Å². The van der Waals surface area contributed by atoms with Gasteiger partial charge in [0.1, 0.15) is 11.6 Å². The molecule has 2 aromatic carbocycles. The highest BCUT2D eigenvalue weighted by atomic mass is 32.2. The van der Waals surface area contributed by atoms with Crippen LogP contribution in [0.3, 0.4) is 0 Å². The van der Waals surface area contributed by atoms with Crippen LogP contribution in [0.25, 0.3) is 6.08 Å². The minimum atomic E-state index is -0.435. The van der Waals surface area contributed by atoms with E-state index in [-0.39, 0.29) is 36.3 Å². The Hall–Kier alpha value is -3.13. The predicted octanol–water partition coefficient (Wildman–Crippen LogP) is 3.67. The average molecular weight is 428 g/mol. The predicted molar refractivity (Wildman–Crippen MR) is 113 cm³/mol. The topological polar surface area (TPSA) is 75.7 Å². The number of nitrogens with one attached hydrogen (secondary N) is 1. The third-order valence-electron chi connectivity index (χ3n) is 4.26. The van der Waals surface area contributed by atoms with Gasteiger partial charge in [-0.25, -0.2) is 4.39 Å². The highest BCUT2D eigenvalue weighted by Gasteiger charge is 2.34. The Morgan fingerprint density at radius 3 is 2.47 bits per heavy atom. The molecule has 1 aliphatic heterocycles. The first-order valence-corrected chi connectivity index (χ1v) is 10.1. The Kier molecular flexibility index (Phi) is 6.89. The number of hydrogen-bond acceptors (Lipinski definition) is 5. The highest BCUT2D eigenvalue weighted by molar-refractivity contribution is 8.18. The zero-order chi connectivity index (χ0) is 21.7. The summed E-state index contributed by atoms with van der Waals surface area (Å²) in [5.41, 5.74) is 2.70. The van der Waals surface area contributed by atoms with Crippen molar-refractivity contribution in [2.75, 3.05) is 19.7 Å². The molecule has 3 amide bonds. The van der Waals surface area contributed by atoms with Gasteiger partial charge in [0.05, 0.1) is 4.91 Å². The van der Waals surface area contributed by atoms with Crippen molar-refractivity contribution in [2.45, 2.75) is 13.8 Å². The van der Waals surface area contributed by atoms with E-state index in [4.69, 9.17) is 4.74 Å². The van der Waals surface area contributed by atoms with Crippen molar-refractivity contribution in [3.63, 3.8) is 0 Å². The fourth-order valence-corrected chi connectivity index (χ4v) is 3.79. The lowest BCUT2D eigenvalue weighted by Gasteiger charge is -2.13. The fraction of sp³-hybridized carbons (Fsp3) is 0.227. The number of carbonyl (C=O) groups is 3. The first-order chi connectivity index (χ1) is 14.3. The van der Waals surface area contributed by atoms with Gasteiger partial charge in [0.15, 0.2) is 6.61 Å². The molecular weight excluding hydrogens is 407 g/mol. The van der Waals surface area contributed by atoms with Crippen molar-refractivity contribution < 1.29 is 23.5 Å². The Morgan fingerprint density at radius 1 is 1.13 bits per heavy atom. The van der Waals surface area contributed by atoms with Crippen molar-refractivity contribution >= 4 is 34.9 Å². The van der Waals surface area contributed by atoms with Gasteiger partial charge in [-0.2, -0.15) is 0 Å². The second-order valence-electron chi connectivity index (χ2n) is 6.85. The van der Waals surface area contributed by atoms with Crippen LogP contribution in [-0.2, 0) is 9.59 Å². The van der Waals surface area contributed by atoms with Crippen LogP contribution in [0.15, 0.2) is 47.4 Å². The average Bonchev–Trinajstić information content (AvgIpc) is 2.95. The highest BCUT2D eigenvalue weighted by Crippen LogP contribution is 2.31. The molecule has 0 atom stereocenters. The molecule has 0 saturated carbocycles. The van der Waals surface area contributed by atoms with Crippen molar-refractivity contribution in [2.24, 2.45) is 0 Å². The number of ether oxygens (including phenoxy) is 1. The second-order valence-corrected chi connectivity index (χ2v) is 7.84. The summed E-state index contributed by atoms with van der Waals surface area (Å²) in [6.07, 6.45) is 1.54. The van der Waals surface area contributed by atoms with Gasteiger partial charge >= 0.3 is 0 Å². The van der Waals surface area contributed by atoms with Crippen LogP contribution in [0.1, 0.15) is 16.7 Å². The molecule has 0 aromatic heterocycles. The summed E-state index contributed by atoms with van der Waals surface area (Å²) in [6, 6.07) is 11.3. The number of rotatable bonds is 7. The zero-order valence-corrected chi connectivity index (χ0v) is 17.4. The van der Waals surface area contributed by atoms with Crippen molar-refractivity contribution in [1.29, 1.82) is 0 Å². The number of halogens is 1. The molecule has 1 saturated heterocycles. The third kappa shape index (κ3) is 5.70. The molecule has 2 aromatic rings. The summed E-state index contributed by atoms with van der Waals surface area (Å²) in [4.78, 5) is 37.9. The monoisotopic (exact) mass is 428 g/mol. The molecule has 0 aliphatic carbocycles. The van der Waals surface area contributed by atoms with E-state index in [2.05, 4.69) is 5.32 Å². The van der Waals surface area contributed by atoms with Gasteiger partial charge in [-0.15, -0.1) is 0 Å². The summed E-state index contributed by atoms with van der Waals surface area (Å²) in [5.74, 6) is -0.546. The molecule has 1 aliphatic rings. The fourth-order valence-electron chi connectivity index (χ4n) is 2.93. The van der Waals surface area contributed by atoms with E-state index in [1.54, 1.807) is 6.08 Å². The Labute approximate surface area is 178 Å². The van der Waals surface area contributed by atoms with Gasteiger partial charge in [-0.3, -0.25) is 19.3 Å². The normalized spacial score (nSPS) is 15.0. The first kappa shape index (κ1) is 21.6. The molecule has 1 N–H and O–H groups in total. The first-order valence-electron chi connectivity index (χ1n) is 9.30. The van der Waals surface area contributed by atoms with Crippen LogP contribution in [0, 0.1) is 19.7 Å². The molecule has 156 valence electrons. The molecular formula is C22H21FN2O4S. The zero-order valence-electron chi connectivity index (χ0n) is 16.6. The lowest BCUT2D eigenvalue weighted by Crippen LogP contribution is -2.38. The van der Waals surface area contributed by atoms with Crippen molar-refractivity contribution in [1.82, 2.24) is 10.2 Å². The number of imide groups is 1. The third-order valence-corrected chi connectivity index (χ3v) is 5.17. The van der Waals surface area contributed by atoms with Crippen LogP contribution in [0.4, 0.5) is 9.18 Å². The number of hydrogen-bond donors (Lipinski definition) is 1. The van der Waals surface area contributed by atoms with Gasteiger partial charge in [0, 0.05) is 13.1 Å². The second kappa shape index (κ2) is 9.58. The molecule has 6 nitrogen and oxygen atoms in total. The molecule has 1 heterocycles. The molecule has 0 unspecified atom stereocenters. The van der Waals surface area contributed by atoms with E-state index in [9.17, 15) is 18.8 Å². The number of amides is 3. The lowest BCUT2D eigenvalue weighted by atomic mass is 10.1. The van der Waals surface area contributed by atoms with Crippen molar-refractivity contribution in [3.05, 3.63) is 69.9 Å². The van der Waals surface area contributed by atoms with E-state index >= 15 is 0 Å². The van der Waals surface area contributed by atoms with Crippen molar-refractivity contribution in [3.8, 4) is 5.75 Å². The smallest absolute Gasteiger partial charge is 0.293 e. The van der Waals surface area contributed by atoms with E-state index in [1.165, 1.54) is 24.3 Å². The summed E-state index contributed by atoms with van der Waals surface area (Å²) < 4.78 is 18.5. The summed E-state index contributed by atoms with van der Waals surface area (Å²) in [7, 11) is 0. The maximum atomic E-state index is 13.0. The van der Waals surface area contributed by atoms with Gasteiger partial charge in [-0.1, -0.05) is 18.2 Å². The van der Waals surface area contributed by atoms with Crippen LogP contribution in [-0.4, -0.2) is 41.6 Å². The van der Waals surface area contributed by atoms with Crippen LogP contribution in [0.5, 0.6) is 5.75 Å². The molecule has 0 radical (unpaired) electrons. The Balaban J connectivity index is 1.48. The maximum absolute atomic E-state index is 13.0. The largest absolute Gasteiger partial charge is 0.484 e.